The highest BCUT2D eigenvalue weighted by atomic mass is 16.2. The normalized spacial score (nSPS) is 16.6. The summed E-state index contributed by atoms with van der Waals surface area (Å²) in [6.07, 6.45) is 3.36. The maximum atomic E-state index is 12.9. The Morgan fingerprint density at radius 1 is 1.20 bits per heavy atom. The first-order valence-corrected chi connectivity index (χ1v) is 9.78. The van der Waals surface area contributed by atoms with E-state index in [1.165, 1.54) is 0 Å². The second-order valence-corrected chi connectivity index (χ2v) is 7.52. The molecular formula is C21H22N8O. The summed E-state index contributed by atoms with van der Waals surface area (Å²) in [5.74, 6) is 1.23. The van der Waals surface area contributed by atoms with Gasteiger partial charge in [-0.15, -0.1) is 5.10 Å². The van der Waals surface area contributed by atoms with E-state index in [9.17, 15) is 4.79 Å². The first kappa shape index (κ1) is 18.2. The second-order valence-electron chi connectivity index (χ2n) is 7.52. The van der Waals surface area contributed by atoms with Crippen molar-refractivity contribution in [1.29, 1.82) is 0 Å². The van der Waals surface area contributed by atoms with Gasteiger partial charge in [0.15, 0.2) is 17.2 Å². The molecule has 3 aromatic heterocycles. The van der Waals surface area contributed by atoms with Gasteiger partial charge in [-0.1, -0.05) is 6.07 Å². The van der Waals surface area contributed by atoms with Gasteiger partial charge in [0.1, 0.15) is 5.82 Å². The molecule has 1 aliphatic heterocycles. The zero-order chi connectivity index (χ0) is 20.8. The Morgan fingerprint density at radius 3 is 2.90 bits per heavy atom. The molecule has 1 unspecified atom stereocenters. The maximum Gasteiger partial charge on any atom is 0.271 e. The fourth-order valence-electron chi connectivity index (χ4n) is 3.89. The predicted molar refractivity (Wildman–Crippen MR) is 118 cm³/mol. The fraction of sp³-hybridized carbons (Fsp3) is 0.238. The lowest BCUT2D eigenvalue weighted by molar-refractivity contribution is 0.0934. The van der Waals surface area contributed by atoms with E-state index in [0.29, 0.717) is 23.7 Å². The van der Waals surface area contributed by atoms with E-state index >= 15 is 0 Å². The number of pyridine rings is 1. The molecular weight excluding hydrogens is 380 g/mol. The monoisotopic (exact) mass is 402 g/mol. The summed E-state index contributed by atoms with van der Waals surface area (Å²) in [7, 11) is 3.80. The van der Waals surface area contributed by atoms with Crippen molar-refractivity contribution in [3.63, 3.8) is 0 Å². The van der Waals surface area contributed by atoms with Crippen LogP contribution in [-0.2, 0) is 0 Å². The van der Waals surface area contributed by atoms with Gasteiger partial charge in [0, 0.05) is 50.0 Å². The number of likely N-dealkylation sites (N-methyl/N-ethyl adjacent to an activating group) is 1. The number of hydrogen-bond donors (Lipinski definition) is 3. The minimum Gasteiger partial charge on any atom is -0.385 e. The van der Waals surface area contributed by atoms with Crippen LogP contribution in [0.3, 0.4) is 0 Å². The van der Waals surface area contributed by atoms with Gasteiger partial charge in [0.25, 0.3) is 5.91 Å². The fourth-order valence-corrected chi connectivity index (χ4v) is 3.89. The largest absolute Gasteiger partial charge is 0.385 e. The molecule has 152 valence electrons. The third kappa shape index (κ3) is 2.95. The van der Waals surface area contributed by atoms with Crippen LogP contribution >= 0.6 is 0 Å². The highest BCUT2D eigenvalue weighted by Crippen LogP contribution is 2.29. The van der Waals surface area contributed by atoms with Crippen LogP contribution in [0.25, 0.3) is 16.4 Å². The van der Waals surface area contributed by atoms with Crippen molar-refractivity contribution in [2.75, 3.05) is 36.2 Å². The van der Waals surface area contributed by atoms with Crippen LogP contribution in [0.4, 0.5) is 23.0 Å². The molecule has 4 bridgehead atoms. The number of rotatable bonds is 1. The Morgan fingerprint density at radius 2 is 2.07 bits per heavy atom. The van der Waals surface area contributed by atoms with E-state index < -0.39 is 0 Å². The predicted octanol–water partition coefficient (Wildman–Crippen LogP) is 2.63. The van der Waals surface area contributed by atoms with Crippen LogP contribution in [0, 0.1) is 0 Å². The van der Waals surface area contributed by atoms with Gasteiger partial charge in [0.05, 0.1) is 11.9 Å². The Kier molecular flexibility index (Phi) is 4.16. The zero-order valence-electron chi connectivity index (χ0n) is 17.0. The number of nitrogens with zero attached hydrogens (tertiary/aromatic N) is 5. The molecule has 0 saturated carbocycles. The Hall–Kier alpha value is -3.88. The van der Waals surface area contributed by atoms with Gasteiger partial charge >= 0.3 is 0 Å². The zero-order valence-corrected chi connectivity index (χ0v) is 17.0. The van der Waals surface area contributed by atoms with Crippen molar-refractivity contribution in [3.8, 4) is 0 Å². The first-order valence-electron chi connectivity index (χ1n) is 9.78. The van der Waals surface area contributed by atoms with E-state index in [0.717, 1.165) is 28.0 Å². The Labute approximate surface area is 173 Å². The lowest BCUT2D eigenvalue weighted by Crippen LogP contribution is -2.41. The minimum absolute atomic E-state index is 0.110. The van der Waals surface area contributed by atoms with Gasteiger partial charge in [-0.25, -0.2) is 14.5 Å². The Bertz CT molecular complexity index is 1280. The molecule has 0 fully saturated rings. The van der Waals surface area contributed by atoms with Crippen LogP contribution < -0.4 is 20.9 Å². The SMILES string of the molecule is CNc1cc2nn3c(cnc13)C(=O)NC(C)CN(C)c1nccc3ccc(cc13)N2. The van der Waals surface area contributed by atoms with Crippen LogP contribution in [0.15, 0.2) is 42.7 Å². The van der Waals surface area contributed by atoms with E-state index in [2.05, 4.69) is 48.0 Å². The number of carbonyl (C=O) groups is 1. The molecule has 0 aliphatic carbocycles. The third-order valence-electron chi connectivity index (χ3n) is 5.27. The lowest BCUT2D eigenvalue weighted by Gasteiger charge is -2.24. The molecule has 9 heteroatoms. The number of nitrogens with one attached hydrogen (secondary N) is 3. The second kappa shape index (κ2) is 6.87. The highest BCUT2D eigenvalue weighted by molar-refractivity contribution is 5.96. The number of benzene rings is 1. The quantitative estimate of drug-likeness (QED) is 0.450. The van der Waals surface area contributed by atoms with Crippen LogP contribution in [0.1, 0.15) is 17.4 Å². The molecule has 30 heavy (non-hydrogen) atoms. The molecule has 0 saturated heterocycles. The summed E-state index contributed by atoms with van der Waals surface area (Å²) in [6.45, 7) is 2.58. The van der Waals surface area contributed by atoms with E-state index in [1.807, 2.05) is 39.2 Å². The number of amides is 1. The molecule has 4 heterocycles. The van der Waals surface area contributed by atoms with Crippen molar-refractivity contribution in [2.45, 2.75) is 13.0 Å². The number of fused-ring (bicyclic) bond motifs is 2. The number of aromatic nitrogens is 4. The first-order chi connectivity index (χ1) is 14.5. The molecule has 1 aromatic carbocycles. The summed E-state index contributed by atoms with van der Waals surface area (Å²) in [5, 5.41) is 16.3. The third-order valence-corrected chi connectivity index (χ3v) is 5.27. The molecule has 3 N–H and O–H groups in total. The number of anilines is 4. The van der Waals surface area contributed by atoms with Gasteiger partial charge in [-0.05, 0) is 30.5 Å². The van der Waals surface area contributed by atoms with Crippen LogP contribution in [0.2, 0.25) is 0 Å². The summed E-state index contributed by atoms with van der Waals surface area (Å²) >= 11 is 0. The van der Waals surface area contributed by atoms with Crippen molar-refractivity contribution < 1.29 is 4.79 Å². The molecule has 0 spiro atoms. The number of imidazole rings is 1. The smallest absolute Gasteiger partial charge is 0.271 e. The van der Waals surface area contributed by atoms with Crippen LogP contribution in [-0.4, -0.2) is 52.2 Å². The Balaban J connectivity index is 1.73. The van der Waals surface area contributed by atoms with E-state index in [-0.39, 0.29) is 11.9 Å². The minimum atomic E-state index is -0.225. The van der Waals surface area contributed by atoms with Gasteiger partial charge in [-0.3, -0.25) is 4.79 Å². The van der Waals surface area contributed by atoms with Gasteiger partial charge < -0.3 is 20.9 Å². The van der Waals surface area contributed by atoms with Crippen LogP contribution in [0.5, 0.6) is 0 Å². The van der Waals surface area contributed by atoms with Gasteiger partial charge in [-0.2, -0.15) is 0 Å². The molecule has 5 rings (SSSR count). The highest BCUT2D eigenvalue weighted by Gasteiger charge is 2.20. The lowest BCUT2D eigenvalue weighted by atomic mass is 10.1. The van der Waals surface area contributed by atoms with Crippen molar-refractivity contribution in [1.82, 2.24) is 24.9 Å². The summed E-state index contributed by atoms with van der Waals surface area (Å²) in [4.78, 5) is 24.0. The number of hydrogen-bond acceptors (Lipinski definition) is 7. The summed E-state index contributed by atoms with van der Waals surface area (Å²) in [6, 6.07) is 9.90. The molecule has 4 aromatic rings. The standard InChI is InChI=1S/C21H22N8O/c1-12-11-28(3)19-15-8-14(5-4-13(15)6-7-23-19)26-18-9-16(22-2)20-24-10-17(21(30)25-12)29(20)27-18/h4-10,12,22H,11H2,1-3H3,(H,25,30)(H,26,27). The van der Waals surface area contributed by atoms with E-state index in [4.69, 9.17) is 0 Å². The number of carbonyl (C=O) groups excluding carboxylic acids is 1. The maximum absolute atomic E-state index is 12.9. The average Bonchev–Trinajstić information content (AvgIpc) is 3.16. The molecule has 9 nitrogen and oxygen atoms in total. The summed E-state index contributed by atoms with van der Waals surface area (Å²) in [5.41, 5.74) is 2.63. The molecule has 1 aliphatic rings. The molecule has 0 radical (unpaired) electrons. The topological polar surface area (TPSA) is 99.5 Å². The molecule has 1 atom stereocenters. The van der Waals surface area contributed by atoms with Gasteiger partial charge in [0.2, 0.25) is 0 Å². The van der Waals surface area contributed by atoms with E-state index in [1.54, 1.807) is 16.9 Å². The summed E-state index contributed by atoms with van der Waals surface area (Å²) < 4.78 is 1.57. The van der Waals surface area contributed by atoms with Crippen molar-refractivity contribution in [2.24, 2.45) is 0 Å². The molecule has 1 amide bonds. The van der Waals surface area contributed by atoms with Crippen molar-refractivity contribution >= 4 is 45.3 Å². The van der Waals surface area contributed by atoms with Crippen molar-refractivity contribution in [3.05, 3.63) is 48.4 Å². The average molecular weight is 402 g/mol.